The summed E-state index contributed by atoms with van der Waals surface area (Å²) in [7, 11) is -0.0483. The molecule has 4 rings (SSSR count). The highest BCUT2D eigenvalue weighted by atomic mass is 32.2. The minimum Gasteiger partial charge on any atom is -0.494 e. The summed E-state index contributed by atoms with van der Waals surface area (Å²) >= 11 is 1.88. The molecule has 24 heavy (non-hydrogen) atoms. The average Bonchev–Trinajstić information content (AvgIpc) is 2.65. The summed E-state index contributed by atoms with van der Waals surface area (Å²) < 4.78 is 5.74. The third kappa shape index (κ3) is 2.94. The molecule has 1 heterocycles. The minimum absolute atomic E-state index is 0.0483. The molecule has 3 aromatic carbocycles. The van der Waals surface area contributed by atoms with Crippen molar-refractivity contribution in [1.82, 2.24) is 0 Å². The van der Waals surface area contributed by atoms with Crippen LogP contribution in [0.3, 0.4) is 0 Å². The van der Waals surface area contributed by atoms with Crippen LogP contribution in [-0.2, 0) is 10.9 Å². The zero-order valence-corrected chi connectivity index (χ0v) is 15.2. The molecule has 1 nitrogen and oxygen atoms in total. The third-order valence-electron chi connectivity index (χ3n) is 3.89. The largest absolute Gasteiger partial charge is 0.494 e. The monoisotopic (exact) mass is 351 g/mol. The molecule has 3 aromatic rings. The van der Waals surface area contributed by atoms with Gasteiger partial charge in [0, 0.05) is 0 Å². The molecule has 1 aliphatic heterocycles. The number of hydrogen-bond donors (Lipinski definition) is 0. The molecule has 120 valence electrons. The Morgan fingerprint density at radius 3 is 1.96 bits per heavy atom. The molecule has 0 saturated carbocycles. The molecule has 0 spiro atoms. The van der Waals surface area contributed by atoms with Gasteiger partial charge in [0.15, 0.2) is 14.7 Å². The highest BCUT2D eigenvalue weighted by Crippen LogP contribution is 2.48. The van der Waals surface area contributed by atoms with Gasteiger partial charge < -0.3 is 4.74 Å². The van der Waals surface area contributed by atoms with Crippen LogP contribution in [0.4, 0.5) is 0 Å². The van der Waals surface area contributed by atoms with Crippen molar-refractivity contribution in [3.8, 4) is 5.75 Å². The minimum atomic E-state index is -0.0483. The van der Waals surface area contributed by atoms with Gasteiger partial charge in [-0.1, -0.05) is 43.0 Å². The van der Waals surface area contributed by atoms with E-state index in [9.17, 15) is 0 Å². The van der Waals surface area contributed by atoms with Gasteiger partial charge in [-0.25, -0.2) is 0 Å². The normalized spacial score (nSPS) is 13.2. The van der Waals surface area contributed by atoms with Crippen molar-refractivity contribution in [2.45, 2.75) is 37.8 Å². The van der Waals surface area contributed by atoms with Gasteiger partial charge in [-0.05, 0) is 55.0 Å². The predicted molar refractivity (Wildman–Crippen MR) is 101 cm³/mol. The fourth-order valence-electron chi connectivity index (χ4n) is 2.79. The summed E-state index contributed by atoms with van der Waals surface area (Å²) in [6.45, 7) is 2.90. The van der Waals surface area contributed by atoms with Gasteiger partial charge in [-0.3, -0.25) is 0 Å². The zero-order valence-electron chi connectivity index (χ0n) is 13.6. The molecule has 0 radical (unpaired) electrons. The van der Waals surface area contributed by atoms with Crippen LogP contribution in [0.25, 0.3) is 0 Å². The number of hydrogen-bond acceptors (Lipinski definition) is 2. The Morgan fingerprint density at radius 2 is 1.38 bits per heavy atom. The number of fused-ring (bicyclic) bond motifs is 2. The molecule has 3 heteroatoms. The van der Waals surface area contributed by atoms with E-state index in [0.29, 0.717) is 0 Å². The molecular formula is C21H19OS2+. The average molecular weight is 352 g/mol. The first-order chi connectivity index (χ1) is 11.9. The van der Waals surface area contributed by atoms with Gasteiger partial charge in [0.25, 0.3) is 0 Å². The summed E-state index contributed by atoms with van der Waals surface area (Å²) in [6, 6.07) is 26.2. The van der Waals surface area contributed by atoms with Gasteiger partial charge in [0.05, 0.1) is 16.4 Å². The number of benzene rings is 3. The van der Waals surface area contributed by atoms with E-state index in [2.05, 4.69) is 79.7 Å². The van der Waals surface area contributed by atoms with Crippen LogP contribution in [0.1, 0.15) is 13.3 Å². The van der Waals surface area contributed by atoms with Crippen molar-refractivity contribution >= 4 is 22.7 Å². The highest BCUT2D eigenvalue weighted by molar-refractivity contribution is 8.04. The van der Waals surface area contributed by atoms with Gasteiger partial charge in [0.1, 0.15) is 16.6 Å². The number of rotatable bonds is 4. The van der Waals surface area contributed by atoms with E-state index < -0.39 is 0 Å². The Kier molecular flexibility index (Phi) is 4.54. The first-order valence-corrected chi connectivity index (χ1v) is 10.2. The van der Waals surface area contributed by atoms with Crippen LogP contribution in [-0.4, -0.2) is 6.61 Å². The highest BCUT2D eigenvalue weighted by Gasteiger charge is 2.37. The lowest BCUT2D eigenvalue weighted by molar-refractivity contribution is 0.317. The topological polar surface area (TPSA) is 9.23 Å². The Morgan fingerprint density at radius 1 is 0.792 bits per heavy atom. The summed E-state index contributed by atoms with van der Waals surface area (Å²) in [5, 5.41) is 0. The maximum Gasteiger partial charge on any atom is 0.180 e. The summed E-state index contributed by atoms with van der Waals surface area (Å²) in [6.07, 6.45) is 1.03. The van der Waals surface area contributed by atoms with Gasteiger partial charge in [-0.15, -0.1) is 0 Å². The van der Waals surface area contributed by atoms with Crippen molar-refractivity contribution in [2.24, 2.45) is 0 Å². The zero-order chi connectivity index (χ0) is 16.4. The first-order valence-electron chi connectivity index (χ1n) is 8.20. The van der Waals surface area contributed by atoms with Crippen LogP contribution in [0.2, 0.25) is 0 Å². The maximum absolute atomic E-state index is 5.74. The molecular weight excluding hydrogens is 332 g/mol. The molecule has 1 aliphatic rings. The van der Waals surface area contributed by atoms with Crippen molar-refractivity contribution in [1.29, 1.82) is 0 Å². The molecule has 0 fully saturated rings. The SMILES string of the molecule is CCCOc1ccc([S+]2c3ccccc3Sc3ccccc32)cc1. The summed E-state index contributed by atoms with van der Waals surface area (Å²) in [5.74, 6) is 0.956. The lowest BCUT2D eigenvalue weighted by Crippen LogP contribution is -2.10. The molecule has 0 atom stereocenters. The second-order valence-corrected chi connectivity index (χ2v) is 8.67. The Balaban J connectivity index is 1.77. The van der Waals surface area contributed by atoms with E-state index in [1.54, 1.807) is 0 Å². The molecule has 0 aromatic heterocycles. The fourth-order valence-corrected chi connectivity index (χ4v) is 6.53. The lowest BCUT2D eigenvalue weighted by Gasteiger charge is -2.18. The molecule has 0 unspecified atom stereocenters. The van der Waals surface area contributed by atoms with E-state index in [4.69, 9.17) is 4.74 Å². The van der Waals surface area contributed by atoms with Crippen molar-refractivity contribution in [3.63, 3.8) is 0 Å². The second-order valence-electron chi connectivity index (χ2n) is 5.62. The maximum atomic E-state index is 5.74. The van der Waals surface area contributed by atoms with E-state index in [-0.39, 0.29) is 10.9 Å². The van der Waals surface area contributed by atoms with E-state index >= 15 is 0 Å². The van der Waals surface area contributed by atoms with Crippen LogP contribution in [0, 0.1) is 0 Å². The Hall–Kier alpha value is -1.84. The van der Waals surface area contributed by atoms with Crippen LogP contribution >= 0.6 is 11.8 Å². The first kappa shape index (κ1) is 15.7. The smallest absolute Gasteiger partial charge is 0.180 e. The summed E-state index contributed by atoms with van der Waals surface area (Å²) in [4.78, 5) is 6.92. The molecule has 0 N–H and O–H groups in total. The van der Waals surface area contributed by atoms with Gasteiger partial charge in [0.2, 0.25) is 0 Å². The molecule has 0 amide bonds. The summed E-state index contributed by atoms with van der Waals surface area (Å²) in [5.41, 5.74) is 0. The third-order valence-corrected chi connectivity index (χ3v) is 7.64. The van der Waals surface area contributed by atoms with Crippen molar-refractivity contribution in [2.75, 3.05) is 6.61 Å². The van der Waals surface area contributed by atoms with Crippen molar-refractivity contribution in [3.05, 3.63) is 72.8 Å². The molecule has 0 saturated heterocycles. The Bertz CT molecular complexity index is 797. The molecule has 0 aliphatic carbocycles. The lowest BCUT2D eigenvalue weighted by atomic mass is 10.3. The van der Waals surface area contributed by atoms with Gasteiger partial charge in [-0.2, -0.15) is 0 Å². The van der Waals surface area contributed by atoms with E-state index in [1.807, 2.05) is 11.8 Å². The number of ether oxygens (including phenoxy) is 1. The standard InChI is InChI=1S/C21H19OS2/c1-2-15-22-16-11-13-17(14-12-16)24-20-9-5-3-7-18(20)23-19-8-4-6-10-21(19)24/h3-14H,2,15H2,1H3/q+1. The van der Waals surface area contributed by atoms with Gasteiger partial charge >= 0.3 is 0 Å². The van der Waals surface area contributed by atoms with Crippen LogP contribution < -0.4 is 4.74 Å². The van der Waals surface area contributed by atoms with Crippen molar-refractivity contribution < 1.29 is 4.74 Å². The molecule has 0 bridgehead atoms. The quantitative estimate of drug-likeness (QED) is 0.415. The second kappa shape index (κ2) is 6.96. The fraction of sp³-hybridized carbons (Fsp3) is 0.143. The van der Waals surface area contributed by atoms with Crippen LogP contribution in [0.15, 0.2) is 97.3 Å². The van der Waals surface area contributed by atoms with Crippen LogP contribution in [0.5, 0.6) is 5.75 Å². The Labute approximate surface area is 150 Å². The predicted octanol–water partition coefficient (Wildman–Crippen LogP) is 6.04. The van der Waals surface area contributed by atoms with E-state index in [1.165, 1.54) is 24.5 Å². The van der Waals surface area contributed by atoms with E-state index in [0.717, 1.165) is 18.8 Å².